The zero-order chi connectivity index (χ0) is 16.3. The van der Waals surface area contributed by atoms with Crippen molar-refractivity contribution in [3.63, 3.8) is 0 Å². The predicted molar refractivity (Wildman–Crippen MR) is 91.2 cm³/mol. The molecule has 2 aliphatic rings. The summed E-state index contributed by atoms with van der Waals surface area (Å²) in [6.07, 6.45) is 6.16. The molecule has 1 aromatic rings. The number of hydrogen-bond acceptors (Lipinski definition) is 3. The van der Waals surface area contributed by atoms with Gasteiger partial charge in [0.2, 0.25) is 5.91 Å². The molecular weight excluding hydrogens is 288 g/mol. The van der Waals surface area contributed by atoms with Gasteiger partial charge in [0.1, 0.15) is 11.9 Å². The topological polar surface area (TPSA) is 55.6 Å². The summed E-state index contributed by atoms with van der Waals surface area (Å²) in [4.78, 5) is 14.8. The van der Waals surface area contributed by atoms with Crippen molar-refractivity contribution in [1.29, 1.82) is 0 Å². The van der Waals surface area contributed by atoms with E-state index in [-0.39, 0.29) is 23.5 Å². The summed E-state index contributed by atoms with van der Waals surface area (Å²) in [5.41, 5.74) is 6.05. The summed E-state index contributed by atoms with van der Waals surface area (Å²) < 4.78 is 6.01. The molecular formula is C19H28N2O2. The summed E-state index contributed by atoms with van der Waals surface area (Å²) >= 11 is 0. The first-order valence-corrected chi connectivity index (χ1v) is 8.86. The minimum absolute atomic E-state index is 0.0113. The standard InChI is InChI=1S/C19H28N2O2/c1-19(20)12-6-5-9-17(19)18(22)21-13-10-16(11-14-21)23-15-7-3-2-4-8-15/h2-4,7-8,16-17H,5-6,9-14,20H2,1H3. The maximum atomic E-state index is 12.8. The molecule has 0 spiro atoms. The second-order valence-electron chi connectivity index (χ2n) is 7.26. The van der Waals surface area contributed by atoms with Gasteiger partial charge in [0.25, 0.3) is 0 Å². The van der Waals surface area contributed by atoms with Crippen LogP contribution in [0.1, 0.15) is 45.4 Å². The molecule has 1 aliphatic heterocycles. The summed E-state index contributed by atoms with van der Waals surface area (Å²) in [7, 11) is 0. The normalized spacial score (nSPS) is 29.3. The fourth-order valence-corrected chi connectivity index (χ4v) is 3.87. The number of likely N-dealkylation sites (tertiary alicyclic amines) is 1. The Labute approximate surface area is 139 Å². The van der Waals surface area contributed by atoms with Crippen LogP contribution in [0.4, 0.5) is 0 Å². The number of nitrogens with zero attached hydrogens (tertiary/aromatic N) is 1. The third-order valence-electron chi connectivity index (χ3n) is 5.35. The van der Waals surface area contributed by atoms with Gasteiger partial charge in [-0.05, 0) is 31.9 Å². The van der Waals surface area contributed by atoms with Crippen molar-refractivity contribution in [3.8, 4) is 5.75 Å². The molecule has 2 fully saturated rings. The molecule has 1 saturated heterocycles. The number of nitrogens with two attached hydrogens (primary N) is 1. The smallest absolute Gasteiger partial charge is 0.227 e. The number of ether oxygens (including phenoxy) is 1. The molecule has 4 nitrogen and oxygen atoms in total. The monoisotopic (exact) mass is 316 g/mol. The fourth-order valence-electron chi connectivity index (χ4n) is 3.87. The van der Waals surface area contributed by atoms with Crippen LogP contribution in [-0.2, 0) is 4.79 Å². The number of para-hydroxylation sites is 1. The Bertz CT molecular complexity index is 521. The number of hydrogen-bond donors (Lipinski definition) is 1. The van der Waals surface area contributed by atoms with Crippen molar-refractivity contribution in [2.24, 2.45) is 11.7 Å². The van der Waals surface area contributed by atoms with Crippen molar-refractivity contribution >= 4 is 5.91 Å². The first kappa shape index (κ1) is 16.3. The van der Waals surface area contributed by atoms with E-state index in [9.17, 15) is 4.79 Å². The minimum atomic E-state index is -0.341. The number of benzene rings is 1. The lowest BCUT2D eigenvalue weighted by atomic mass is 9.74. The van der Waals surface area contributed by atoms with E-state index in [2.05, 4.69) is 0 Å². The molecule has 3 rings (SSSR count). The van der Waals surface area contributed by atoms with E-state index < -0.39 is 0 Å². The van der Waals surface area contributed by atoms with Crippen LogP contribution < -0.4 is 10.5 Å². The number of piperidine rings is 1. The largest absolute Gasteiger partial charge is 0.490 e. The van der Waals surface area contributed by atoms with Gasteiger partial charge in [-0.2, -0.15) is 0 Å². The van der Waals surface area contributed by atoms with Crippen LogP contribution in [-0.4, -0.2) is 35.5 Å². The molecule has 1 amide bonds. The highest BCUT2D eigenvalue weighted by Gasteiger charge is 2.40. The summed E-state index contributed by atoms with van der Waals surface area (Å²) in [5.74, 6) is 1.16. The third-order valence-corrected chi connectivity index (χ3v) is 5.35. The van der Waals surface area contributed by atoms with E-state index in [1.807, 2.05) is 42.2 Å². The highest BCUT2D eigenvalue weighted by atomic mass is 16.5. The Hall–Kier alpha value is -1.55. The molecule has 0 radical (unpaired) electrons. The van der Waals surface area contributed by atoms with E-state index in [4.69, 9.17) is 10.5 Å². The van der Waals surface area contributed by atoms with Gasteiger partial charge in [-0.3, -0.25) is 4.79 Å². The molecule has 1 aromatic carbocycles. The Balaban J connectivity index is 1.53. The molecule has 2 unspecified atom stereocenters. The first-order valence-electron chi connectivity index (χ1n) is 8.86. The second kappa shape index (κ2) is 6.91. The molecule has 23 heavy (non-hydrogen) atoms. The third kappa shape index (κ3) is 3.86. The maximum Gasteiger partial charge on any atom is 0.227 e. The quantitative estimate of drug-likeness (QED) is 0.933. The van der Waals surface area contributed by atoms with Crippen LogP contribution >= 0.6 is 0 Å². The van der Waals surface area contributed by atoms with E-state index in [1.54, 1.807) is 0 Å². The summed E-state index contributed by atoms with van der Waals surface area (Å²) in [5, 5.41) is 0. The fraction of sp³-hybridized carbons (Fsp3) is 0.632. The lowest BCUT2D eigenvalue weighted by Gasteiger charge is -2.41. The average Bonchev–Trinajstić information content (AvgIpc) is 2.55. The SMILES string of the molecule is CC1(N)CCCCC1C(=O)N1CCC(Oc2ccccc2)CC1. The lowest BCUT2D eigenvalue weighted by molar-refractivity contribution is -0.140. The van der Waals surface area contributed by atoms with Gasteiger partial charge in [-0.1, -0.05) is 31.0 Å². The van der Waals surface area contributed by atoms with E-state index in [1.165, 1.54) is 0 Å². The molecule has 1 heterocycles. The van der Waals surface area contributed by atoms with Crippen molar-refractivity contribution in [2.75, 3.05) is 13.1 Å². The van der Waals surface area contributed by atoms with E-state index in [0.717, 1.165) is 57.4 Å². The van der Waals surface area contributed by atoms with Crippen LogP contribution in [0, 0.1) is 5.92 Å². The minimum Gasteiger partial charge on any atom is -0.490 e. The van der Waals surface area contributed by atoms with Gasteiger partial charge >= 0.3 is 0 Å². The number of carbonyl (C=O) groups excluding carboxylic acids is 1. The highest BCUT2D eigenvalue weighted by Crippen LogP contribution is 2.33. The Kier molecular flexibility index (Phi) is 4.90. The second-order valence-corrected chi connectivity index (χ2v) is 7.26. The molecule has 0 aromatic heterocycles. The molecule has 1 aliphatic carbocycles. The number of amides is 1. The Morgan fingerprint density at radius 2 is 1.87 bits per heavy atom. The first-order chi connectivity index (χ1) is 11.1. The predicted octanol–water partition coefficient (Wildman–Crippen LogP) is 2.96. The molecule has 4 heteroatoms. The molecule has 0 bridgehead atoms. The van der Waals surface area contributed by atoms with Gasteiger partial charge in [-0.25, -0.2) is 0 Å². The number of carbonyl (C=O) groups is 1. The van der Waals surface area contributed by atoms with Crippen molar-refractivity contribution in [2.45, 2.75) is 57.1 Å². The molecule has 2 atom stereocenters. The van der Waals surface area contributed by atoms with Crippen LogP contribution in [0.2, 0.25) is 0 Å². The van der Waals surface area contributed by atoms with Crippen molar-refractivity contribution in [1.82, 2.24) is 4.90 Å². The lowest BCUT2D eigenvalue weighted by Crippen LogP contribution is -2.55. The average molecular weight is 316 g/mol. The number of rotatable bonds is 3. The molecule has 1 saturated carbocycles. The van der Waals surface area contributed by atoms with Gasteiger partial charge < -0.3 is 15.4 Å². The Morgan fingerprint density at radius 1 is 1.17 bits per heavy atom. The van der Waals surface area contributed by atoms with Crippen LogP contribution in [0.3, 0.4) is 0 Å². The molecule has 2 N–H and O–H groups in total. The van der Waals surface area contributed by atoms with Gasteiger partial charge in [0, 0.05) is 31.5 Å². The zero-order valence-corrected chi connectivity index (χ0v) is 14.0. The van der Waals surface area contributed by atoms with Crippen molar-refractivity contribution in [3.05, 3.63) is 30.3 Å². The van der Waals surface area contributed by atoms with Crippen LogP contribution in [0.5, 0.6) is 5.75 Å². The maximum absolute atomic E-state index is 12.8. The van der Waals surface area contributed by atoms with Crippen LogP contribution in [0.25, 0.3) is 0 Å². The Morgan fingerprint density at radius 3 is 2.52 bits per heavy atom. The van der Waals surface area contributed by atoms with Crippen molar-refractivity contribution < 1.29 is 9.53 Å². The highest BCUT2D eigenvalue weighted by molar-refractivity contribution is 5.80. The summed E-state index contributed by atoms with van der Waals surface area (Å²) in [6, 6.07) is 9.93. The van der Waals surface area contributed by atoms with E-state index >= 15 is 0 Å². The zero-order valence-electron chi connectivity index (χ0n) is 14.0. The van der Waals surface area contributed by atoms with Gasteiger partial charge in [0.05, 0.1) is 5.92 Å². The van der Waals surface area contributed by atoms with E-state index in [0.29, 0.717) is 0 Å². The van der Waals surface area contributed by atoms with Crippen LogP contribution in [0.15, 0.2) is 30.3 Å². The molecule has 126 valence electrons. The summed E-state index contributed by atoms with van der Waals surface area (Å²) in [6.45, 7) is 3.60. The van der Waals surface area contributed by atoms with Gasteiger partial charge in [0.15, 0.2) is 0 Å². The van der Waals surface area contributed by atoms with Gasteiger partial charge in [-0.15, -0.1) is 0 Å².